The van der Waals surface area contributed by atoms with Crippen molar-refractivity contribution in [3.63, 3.8) is 0 Å². The van der Waals surface area contributed by atoms with E-state index in [0.717, 1.165) is 11.3 Å². The molecule has 2 heterocycles. The maximum absolute atomic E-state index is 12.7. The third-order valence-corrected chi connectivity index (χ3v) is 5.42. The molecule has 1 amide bonds. The highest BCUT2D eigenvalue weighted by Crippen LogP contribution is 2.31. The van der Waals surface area contributed by atoms with Gasteiger partial charge >= 0.3 is 0 Å². The van der Waals surface area contributed by atoms with Crippen LogP contribution in [-0.2, 0) is 16.1 Å². The van der Waals surface area contributed by atoms with Crippen molar-refractivity contribution < 1.29 is 14.3 Å². The molecule has 0 saturated carbocycles. The molecule has 1 fully saturated rings. The van der Waals surface area contributed by atoms with Crippen LogP contribution in [0.1, 0.15) is 13.8 Å². The van der Waals surface area contributed by atoms with Crippen LogP contribution < -0.4 is 4.74 Å². The summed E-state index contributed by atoms with van der Waals surface area (Å²) in [5.74, 6) is 1.81. The average Bonchev–Trinajstić information content (AvgIpc) is 3.08. The van der Waals surface area contributed by atoms with E-state index in [-0.39, 0.29) is 18.1 Å². The van der Waals surface area contributed by atoms with Gasteiger partial charge in [0.1, 0.15) is 5.75 Å². The van der Waals surface area contributed by atoms with E-state index in [1.54, 1.807) is 13.2 Å². The number of para-hydroxylation sites is 1. The van der Waals surface area contributed by atoms with Crippen LogP contribution in [0.2, 0.25) is 0 Å². The number of methoxy groups -OCH3 is 1. The van der Waals surface area contributed by atoms with E-state index >= 15 is 0 Å². The first-order valence-corrected chi connectivity index (χ1v) is 10.3. The Kier molecular flexibility index (Phi) is 6.74. The van der Waals surface area contributed by atoms with Crippen LogP contribution in [0.4, 0.5) is 0 Å². The Morgan fingerprint density at radius 3 is 2.71 bits per heavy atom. The monoisotopic (exact) mass is 402 g/mol. The van der Waals surface area contributed by atoms with Crippen molar-refractivity contribution in [3.8, 4) is 17.1 Å². The molecule has 1 aromatic carbocycles. The number of aromatic nitrogens is 3. The molecule has 0 radical (unpaired) electrons. The van der Waals surface area contributed by atoms with Crippen molar-refractivity contribution in [2.75, 3.05) is 26.0 Å². The van der Waals surface area contributed by atoms with E-state index in [4.69, 9.17) is 9.47 Å². The van der Waals surface area contributed by atoms with Gasteiger partial charge < -0.3 is 14.4 Å². The Balaban J connectivity index is 1.76. The standard InChI is InChI=1S/C20H26N4O3S/c1-5-10-24-19(16-8-6-7-9-17(16)26-4)21-22-20(24)28-13-18(25)23-11-14(2)27-15(3)12-23/h5-9,14-15H,1,10-13H2,2-4H3/t14-,15-/m0/s1. The third-order valence-electron chi connectivity index (χ3n) is 4.47. The van der Waals surface area contributed by atoms with Gasteiger partial charge in [-0.15, -0.1) is 16.8 Å². The van der Waals surface area contributed by atoms with Gasteiger partial charge in [0.25, 0.3) is 0 Å². The number of rotatable bonds is 7. The first kappa shape index (κ1) is 20.4. The fourth-order valence-electron chi connectivity index (χ4n) is 3.32. The van der Waals surface area contributed by atoms with Crippen LogP contribution >= 0.6 is 11.8 Å². The molecule has 0 spiro atoms. The molecular weight excluding hydrogens is 376 g/mol. The Bertz CT molecular complexity index is 829. The van der Waals surface area contributed by atoms with Gasteiger partial charge in [-0.25, -0.2) is 0 Å². The highest BCUT2D eigenvalue weighted by Gasteiger charge is 2.26. The molecule has 1 aromatic heterocycles. The maximum atomic E-state index is 12.7. The Morgan fingerprint density at radius 1 is 1.32 bits per heavy atom. The molecule has 2 atom stereocenters. The number of hydrogen-bond acceptors (Lipinski definition) is 6. The van der Waals surface area contributed by atoms with Crippen molar-refractivity contribution in [2.24, 2.45) is 0 Å². The highest BCUT2D eigenvalue weighted by molar-refractivity contribution is 7.99. The van der Waals surface area contributed by atoms with Crippen molar-refractivity contribution in [1.29, 1.82) is 0 Å². The topological polar surface area (TPSA) is 69.5 Å². The quantitative estimate of drug-likeness (QED) is 0.524. The number of morpholine rings is 1. The van der Waals surface area contributed by atoms with Crippen molar-refractivity contribution in [2.45, 2.75) is 37.8 Å². The minimum atomic E-state index is 0.0549. The van der Waals surface area contributed by atoms with Crippen LogP contribution in [0.5, 0.6) is 5.75 Å². The molecule has 150 valence electrons. The molecule has 0 aliphatic carbocycles. The third kappa shape index (κ3) is 4.56. The second kappa shape index (κ2) is 9.25. The molecule has 2 aromatic rings. The Morgan fingerprint density at radius 2 is 2.04 bits per heavy atom. The number of nitrogens with zero attached hydrogens (tertiary/aromatic N) is 4. The number of ether oxygens (including phenoxy) is 2. The second-order valence-electron chi connectivity index (χ2n) is 6.75. The first-order valence-electron chi connectivity index (χ1n) is 9.27. The minimum absolute atomic E-state index is 0.0549. The summed E-state index contributed by atoms with van der Waals surface area (Å²) in [6, 6.07) is 7.68. The number of thioether (sulfide) groups is 1. The van der Waals surface area contributed by atoms with Gasteiger partial charge in [0, 0.05) is 19.6 Å². The van der Waals surface area contributed by atoms with E-state index in [2.05, 4.69) is 16.8 Å². The summed E-state index contributed by atoms with van der Waals surface area (Å²) >= 11 is 1.39. The van der Waals surface area contributed by atoms with Gasteiger partial charge in [-0.1, -0.05) is 30.0 Å². The van der Waals surface area contributed by atoms with Crippen LogP contribution in [0.3, 0.4) is 0 Å². The number of hydrogen-bond donors (Lipinski definition) is 0. The predicted molar refractivity (Wildman–Crippen MR) is 110 cm³/mol. The van der Waals surface area contributed by atoms with Gasteiger partial charge in [-0.2, -0.15) is 0 Å². The molecule has 1 aliphatic rings. The normalized spacial score (nSPS) is 19.5. The summed E-state index contributed by atoms with van der Waals surface area (Å²) in [4.78, 5) is 14.5. The summed E-state index contributed by atoms with van der Waals surface area (Å²) in [6.45, 7) is 9.60. The zero-order valence-electron chi connectivity index (χ0n) is 16.5. The number of allylic oxidation sites excluding steroid dienone is 1. The summed E-state index contributed by atoms with van der Waals surface area (Å²) < 4.78 is 13.1. The number of benzene rings is 1. The minimum Gasteiger partial charge on any atom is -0.496 e. The molecular formula is C20H26N4O3S. The second-order valence-corrected chi connectivity index (χ2v) is 7.69. The van der Waals surface area contributed by atoms with Gasteiger partial charge in [0.15, 0.2) is 11.0 Å². The van der Waals surface area contributed by atoms with E-state index in [1.165, 1.54) is 11.8 Å². The van der Waals surface area contributed by atoms with Crippen LogP contribution in [0, 0.1) is 0 Å². The average molecular weight is 403 g/mol. The van der Waals surface area contributed by atoms with E-state index < -0.39 is 0 Å². The first-order chi connectivity index (χ1) is 13.5. The Labute approximate surface area is 169 Å². The van der Waals surface area contributed by atoms with Crippen molar-refractivity contribution >= 4 is 17.7 Å². The van der Waals surface area contributed by atoms with Crippen molar-refractivity contribution in [3.05, 3.63) is 36.9 Å². The maximum Gasteiger partial charge on any atom is 0.233 e. The molecule has 8 heteroatoms. The lowest BCUT2D eigenvalue weighted by atomic mass is 10.2. The van der Waals surface area contributed by atoms with Gasteiger partial charge in [0.2, 0.25) is 5.91 Å². The van der Waals surface area contributed by atoms with E-state index in [9.17, 15) is 4.79 Å². The van der Waals surface area contributed by atoms with E-state index in [1.807, 2.05) is 47.6 Å². The van der Waals surface area contributed by atoms with Crippen LogP contribution in [0.15, 0.2) is 42.1 Å². The van der Waals surface area contributed by atoms with Crippen molar-refractivity contribution in [1.82, 2.24) is 19.7 Å². The van der Waals surface area contributed by atoms with Gasteiger partial charge in [0.05, 0.1) is 30.6 Å². The SMILES string of the molecule is C=CCn1c(SCC(=O)N2C[C@H](C)O[C@@H](C)C2)nnc1-c1ccccc1OC. The summed E-state index contributed by atoms with van der Waals surface area (Å²) in [5, 5.41) is 9.34. The fraction of sp³-hybridized carbons (Fsp3) is 0.450. The van der Waals surface area contributed by atoms with E-state index in [0.29, 0.717) is 36.4 Å². The van der Waals surface area contributed by atoms with Gasteiger partial charge in [-0.05, 0) is 26.0 Å². The zero-order valence-corrected chi connectivity index (χ0v) is 17.3. The molecule has 0 N–H and O–H groups in total. The number of amides is 1. The lowest BCUT2D eigenvalue weighted by Gasteiger charge is -2.35. The molecule has 0 bridgehead atoms. The lowest BCUT2D eigenvalue weighted by Crippen LogP contribution is -2.48. The molecule has 7 nitrogen and oxygen atoms in total. The smallest absolute Gasteiger partial charge is 0.233 e. The molecule has 1 saturated heterocycles. The predicted octanol–water partition coefficient (Wildman–Crippen LogP) is 2.87. The Hall–Kier alpha value is -2.32. The summed E-state index contributed by atoms with van der Waals surface area (Å²) in [7, 11) is 1.63. The number of carbonyl (C=O) groups excluding carboxylic acids is 1. The molecule has 3 rings (SSSR count). The fourth-order valence-corrected chi connectivity index (χ4v) is 4.17. The molecule has 0 unspecified atom stereocenters. The summed E-state index contributed by atoms with van der Waals surface area (Å²) in [5.41, 5.74) is 0.855. The largest absolute Gasteiger partial charge is 0.496 e. The molecule has 1 aliphatic heterocycles. The van der Waals surface area contributed by atoms with Crippen LogP contribution in [-0.4, -0.2) is 63.7 Å². The van der Waals surface area contributed by atoms with Crippen LogP contribution in [0.25, 0.3) is 11.4 Å². The highest BCUT2D eigenvalue weighted by atomic mass is 32.2. The lowest BCUT2D eigenvalue weighted by molar-refractivity contribution is -0.140. The molecule has 28 heavy (non-hydrogen) atoms. The van der Waals surface area contributed by atoms with Gasteiger partial charge in [-0.3, -0.25) is 9.36 Å². The number of carbonyl (C=O) groups is 1. The zero-order chi connectivity index (χ0) is 20.1. The summed E-state index contributed by atoms with van der Waals surface area (Å²) in [6.07, 6.45) is 1.90.